The van der Waals surface area contributed by atoms with Gasteiger partial charge in [-0.15, -0.1) is 11.8 Å². The predicted octanol–water partition coefficient (Wildman–Crippen LogP) is 6.36. The average Bonchev–Trinajstić information content (AvgIpc) is 2.99. The topological polar surface area (TPSA) is 96.5 Å². The molecule has 4 aromatic carbocycles. The molecule has 0 aliphatic rings. The van der Waals surface area contributed by atoms with Crippen LogP contribution in [0.5, 0.6) is 5.75 Å². The zero-order valence-electron chi connectivity index (χ0n) is 22.4. The normalized spacial score (nSPS) is 11.7. The van der Waals surface area contributed by atoms with Crippen molar-refractivity contribution in [2.75, 3.05) is 17.7 Å². The monoisotopic (exact) mass is 569 g/mol. The van der Waals surface area contributed by atoms with Gasteiger partial charge in [0.15, 0.2) is 0 Å². The van der Waals surface area contributed by atoms with Crippen molar-refractivity contribution in [2.45, 2.75) is 17.1 Å². The van der Waals surface area contributed by atoms with Gasteiger partial charge >= 0.3 is 0 Å². The van der Waals surface area contributed by atoms with Crippen LogP contribution in [0.1, 0.15) is 22.8 Å². The van der Waals surface area contributed by atoms with Crippen LogP contribution in [0.3, 0.4) is 0 Å². The fourth-order valence-electron chi connectivity index (χ4n) is 3.66. The number of carbonyl (C=O) groups is 3. The number of hydrogen-bond donors (Lipinski definition) is 3. The molecule has 9 heteroatoms. The van der Waals surface area contributed by atoms with Crippen LogP contribution in [0.2, 0.25) is 0 Å². The molecule has 0 aromatic heterocycles. The van der Waals surface area contributed by atoms with Gasteiger partial charge in [0, 0.05) is 21.8 Å². The van der Waals surface area contributed by atoms with Gasteiger partial charge in [-0.2, -0.15) is 0 Å². The second-order valence-electron chi connectivity index (χ2n) is 8.89. The Hall–Kier alpha value is -4.89. The summed E-state index contributed by atoms with van der Waals surface area (Å²) in [5.74, 6) is -0.863. The molecule has 3 N–H and O–H groups in total. The van der Waals surface area contributed by atoms with Crippen LogP contribution in [-0.2, 0) is 9.59 Å². The Bertz CT molecular complexity index is 1520. The van der Waals surface area contributed by atoms with E-state index in [2.05, 4.69) is 16.0 Å². The molecule has 41 heavy (non-hydrogen) atoms. The Morgan fingerprint density at radius 3 is 2.05 bits per heavy atom. The molecule has 0 saturated carbocycles. The third kappa shape index (κ3) is 8.55. The van der Waals surface area contributed by atoms with Crippen LogP contribution >= 0.6 is 11.8 Å². The summed E-state index contributed by atoms with van der Waals surface area (Å²) in [6.45, 7) is 1.81. The summed E-state index contributed by atoms with van der Waals surface area (Å²) in [6, 6.07) is 28.2. The minimum absolute atomic E-state index is 0.00672. The Labute approximate surface area is 241 Å². The fraction of sp³-hybridized carbons (Fsp3) is 0.0938. The van der Waals surface area contributed by atoms with Gasteiger partial charge in [0.25, 0.3) is 11.8 Å². The standard InChI is InChI=1S/C32H28FN3O4S/c1-21(30(37)34-25-12-16-27(40-2)17-13-25)41-28-18-14-26(15-19-28)35-32(39)29(20-22-8-10-24(33)11-9-22)36-31(38)23-6-4-3-5-7-23/h3-21H,1-2H3,(H,34,37)(H,35,39)(H,36,38)/b29-20-. The van der Waals surface area contributed by atoms with E-state index in [1.54, 1.807) is 92.9 Å². The van der Waals surface area contributed by atoms with Gasteiger partial charge in [0.1, 0.15) is 17.3 Å². The summed E-state index contributed by atoms with van der Waals surface area (Å²) >= 11 is 1.37. The lowest BCUT2D eigenvalue weighted by Gasteiger charge is -2.14. The highest BCUT2D eigenvalue weighted by molar-refractivity contribution is 8.00. The van der Waals surface area contributed by atoms with Crippen LogP contribution in [0.4, 0.5) is 15.8 Å². The number of hydrogen-bond acceptors (Lipinski definition) is 5. The van der Waals surface area contributed by atoms with E-state index in [9.17, 15) is 18.8 Å². The van der Waals surface area contributed by atoms with Crippen LogP contribution in [0.15, 0.2) is 114 Å². The summed E-state index contributed by atoms with van der Waals surface area (Å²) in [6.07, 6.45) is 1.48. The van der Waals surface area contributed by atoms with E-state index in [0.29, 0.717) is 28.3 Å². The Kier molecular flexibility index (Phi) is 9.90. The average molecular weight is 570 g/mol. The summed E-state index contributed by atoms with van der Waals surface area (Å²) in [7, 11) is 1.58. The molecule has 208 valence electrons. The van der Waals surface area contributed by atoms with E-state index in [1.807, 2.05) is 0 Å². The van der Waals surface area contributed by atoms with Gasteiger partial charge in [0.05, 0.1) is 12.4 Å². The molecule has 0 spiro atoms. The number of thioether (sulfide) groups is 1. The Morgan fingerprint density at radius 1 is 0.805 bits per heavy atom. The maximum absolute atomic E-state index is 13.4. The number of nitrogens with one attached hydrogen (secondary N) is 3. The number of anilines is 2. The first-order valence-electron chi connectivity index (χ1n) is 12.7. The van der Waals surface area contributed by atoms with Gasteiger partial charge in [-0.1, -0.05) is 30.3 Å². The summed E-state index contributed by atoms with van der Waals surface area (Å²) in [5, 5.41) is 7.94. The van der Waals surface area contributed by atoms with Crippen LogP contribution < -0.4 is 20.7 Å². The van der Waals surface area contributed by atoms with Crippen molar-refractivity contribution in [2.24, 2.45) is 0 Å². The summed E-state index contributed by atoms with van der Waals surface area (Å²) in [4.78, 5) is 39.4. The van der Waals surface area contributed by atoms with Crippen LogP contribution in [0, 0.1) is 5.82 Å². The van der Waals surface area contributed by atoms with Gasteiger partial charge in [0.2, 0.25) is 5.91 Å². The summed E-state index contributed by atoms with van der Waals surface area (Å²) < 4.78 is 18.5. The third-order valence-electron chi connectivity index (χ3n) is 5.86. The maximum Gasteiger partial charge on any atom is 0.272 e. The van der Waals surface area contributed by atoms with Crippen molar-refractivity contribution >= 4 is 46.9 Å². The highest BCUT2D eigenvalue weighted by Gasteiger charge is 2.17. The summed E-state index contributed by atoms with van der Waals surface area (Å²) in [5.41, 5.74) is 2.09. The number of amides is 3. The molecular weight excluding hydrogens is 541 g/mol. The molecule has 3 amide bonds. The van der Waals surface area contributed by atoms with Crippen molar-refractivity contribution in [1.82, 2.24) is 5.32 Å². The number of rotatable bonds is 10. The van der Waals surface area contributed by atoms with Gasteiger partial charge in [-0.3, -0.25) is 14.4 Å². The van der Waals surface area contributed by atoms with E-state index in [0.717, 1.165) is 4.90 Å². The smallest absolute Gasteiger partial charge is 0.272 e. The van der Waals surface area contributed by atoms with Crippen molar-refractivity contribution < 1.29 is 23.5 Å². The lowest BCUT2D eigenvalue weighted by molar-refractivity contribution is -0.115. The fourth-order valence-corrected chi connectivity index (χ4v) is 4.53. The first-order valence-corrected chi connectivity index (χ1v) is 13.6. The van der Waals surface area contributed by atoms with Crippen molar-refractivity contribution in [3.05, 3.63) is 126 Å². The first kappa shape index (κ1) is 29.1. The van der Waals surface area contributed by atoms with Crippen LogP contribution in [0.25, 0.3) is 6.08 Å². The van der Waals surface area contributed by atoms with E-state index < -0.39 is 17.6 Å². The molecule has 1 atom stereocenters. The molecule has 0 bridgehead atoms. The van der Waals surface area contributed by atoms with E-state index in [4.69, 9.17) is 4.74 Å². The molecule has 0 heterocycles. The predicted molar refractivity (Wildman–Crippen MR) is 160 cm³/mol. The molecular formula is C32H28FN3O4S. The molecule has 0 aliphatic heterocycles. The Morgan fingerprint density at radius 2 is 1.41 bits per heavy atom. The van der Waals surface area contributed by atoms with Crippen molar-refractivity contribution in [3.63, 3.8) is 0 Å². The van der Waals surface area contributed by atoms with Gasteiger partial charge in [-0.05, 0) is 91.4 Å². The van der Waals surface area contributed by atoms with E-state index in [-0.39, 0.29) is 16.9 Å². The van der Waals surface area contributed by atoms with Crippen molar-refractivity contribution in [1.29, 1.82) is 0 Å². The van der Waals surface area contributed by atoms with Crippen molar-refractivity contribution in [3.8, 4) is 5.75 Å². The number of methoxy groups -OCH3 is 1. The number of ether oxygens (including phenoxy) is 1. The maximum atomic E-state index is 13.4. The number of carbonyl (C=O) groups excluding carboxylic acids is 3. The Balaban J connectivity index is 1.41. The second-order valence-corrected chi connectivity index (χ2v) is 10.3. The SMILES string of the molecule is COc1ccc(NC(=O)C(C)Sc2ccc(NC(=O)/C(=C/c3ccc(F)cc3)NC(=O)c3ccccc3)cc2)cc1. The molecule has 0 saturated heterocycles. The van der Waals surface area contributed by atoms with E-state index >= 15 is 0 Å². The molecule has 4 rings (SSSR count). The van der Waals surface area contributed by atoms with Gasteiger partial charge < -0.3 is 20.7 Å². The third-order valence-corrected chi connectivity index (χ3v) is 6.97. The number of halogens is 1. The molecule has 0 fully saturated rings. The first-order chi connectivity index (χ1) is 19.8. The zero-order valence-corrected chi connectivity index (χ0v) is 23.2. The number of benzene rings is 4. The highest BCUT2D eigenvalue weighted by Crippen LogP contribution is 2.26. The van der Waals surface area contributed by atoms with Gasteiger partial charge in [-0.25, -0.2) is 4.39 Å². The molecule has 1 unspecified atom stereocenters. The largest absolute Gasteiger partial charge is 0.497 e. The lowest BCUT2D eigenvalue weighted by Crippen LogP contribution is -2.30. The lowest BCUT2D eigenvalue weighted by atomic mass is 10.1. The molecule has 4 aromatic rings. The zero-order chi connectivity index (χ0) is 29.2. The van der Waals surface area contributed by atoms with E-state index in [1.165, 1.54) is 42.1 Å². The minimum Gasteiger partial charge on any atom is -0.497 e. The van der Waals surface area contributed by atoms with Crippen LogP contribution in [-0.4, -0.2) is 30.1 Å². The quantitative estimate of drug-likeness (QED) is 0.153. The second kappa shape index (κ2) is 14.0. The highest BCUT2D eigenvalue weighted by atomic mass is 32.2. The molecule has 0 aliphatic carbocycles. The minimum atomic E-state index is -0.550. The molecule has 0 radical (unpaired) electrons. The molecule has 7 nitrogen and oxygen atoms in total.